The summed E-state index contributed by atoms with van der Waals surface area (Å²) in [4.78, 5) is 0. The van der Waals surface area contributed by atoms with Crippen LogP contribution in [-0.2, 0) is 39.8 Å². The van der Waals surface area contributed by atoms with Gasteiger partial charge in [-0.1, -0.05) is 12.6 Å². The Bertz CT molecular complexity index is 143. The third kappa shape index (κ3) is 2.06. The molecule has 0 amide bonds. The predicted molar refractivity (Wildman–Crippen MR) is 26.8 cm³/mol. The third-order valence-electron chi connectivity index (χ3n) is 0.768. The number of aromatic nitrogens is 2. The van der Waals surface area contributed by atoms with E-state index < -0.39 is 0 Å². The van der Waals surface area contributed by atoms with Crippen LogP contribution in [0.4, 0.5) is 0 Å². The molecule has 0 saturated carbocycles. The van der Waals surface area contributed by atoms with Gasteiger partial charge in [0.05, 0.1) is 0 Å². The molecule has 0 aromatic carbocycles. The first kappa shape index (κ1) is 8.31. The molecular weight excluding hydrogens is 177 g/mol. The van der Waals surface area contributed by atoms with Crippen molar-refractivity contribution in [1.82, 2.24) is 9.78 Å². The zero-order chi connectivity index (χ0) is 5.28. The van der Waals surface area contributed by atoms with Crippen molar-refractivity contribution in [2.45, 2.75) is 6.92 Å². The van der Waals surface area contributed by atoms with Gasteiger partial charge in [-0.25, -0.2) is 0 Å². The Kier molecular flexibility index (Phi) is 3.49. The average molecular weight is 184 g/mol. The van der Waals surface area contributed by atoms with Crippen LogP contribution in [0.1, 0.15) is 5.69 Å². The Morgan fingerprint density at radius 2 is 2.38 bits per heavy atom. The van der Waals surface area contributed by atoms with E-state index in [1.54, 1.807) is 4.68 Å². The van der Waals surface area contributed by atoms with Crippen LogP contribution in [0.5, 0.6) is 0 Å². The van der Waals surface area contributed by atoms with Gasteiger partial charge in [0, 0.05) is 39.8 Å². The number of nitrogens with zero attached hydrogens (tertiary/aromatic N) is 2. The second-order valence-corrected chi connectivity index (χ2v) is 1.54. The fourth-order valence-electron chi connectivity index (χ4n) is 0.481. The van der Waals surface area contributed by atoms with Gasteiger partial charge in [0.25, 0.3) is 0 Å². The molecule has 0 bridgehead atoms. The van der Waals surface area contributed by atoms with E-state index in [2.05, 4.69) is 11.3 Å². The van der Waals surface area contributed by atoms with Crippen molar-refractivity contribution in [1.29, 1.82) is 0 Å². The first-order valence-electron chi connectivity index (χ1n) is 2.17. The van der Waals surface area contributed by atoms with Crippen molar-refractivity contribution in [3.8, 4) is 0 Å². The summed E-state index contributed by atoms with van der Waals surface area (Å²) in [5.41, 5.74) is 1.02. The van der Waals surface area contributed by atoms with Gasteiger partial charge in [-0.05, 0) is 0 Å². The van der Waals surface area contributed by atoms with E-state index >= 15 is 0 Å². The molecule has 0 fully saturated rings. The Labute approximate surface area is 74.2 Å². The smallest absolute Gasteiger partial charge is 0.00775 e. The van der Waals surface area contributed by atoms with Gasteiger partial charge in [0.15, 0.2) is 0 Å². The maximum atomic E-state index is 3.97. The van der Waals surface area contributed by atoms with E-state index in [0.717, 1.165) is 5.69 Å². The van der Waals surface area contributed by atoms with Crippen LogP contribution in [-0.4, -0.2) is 9.78 Å². The second kappa shape index (κ2) is 3.36. The first-order chi connectivity index (χ1) is 3.29. The first-order valence-corrected chi connectivity index (χ1v) is 2.17. The summed E-state index contributed by atoms with van der Waals surface area (Å²) in [6.45, 7) is 1.94. The van der Waals surface area contributed by atoms with Crippen molar-refractivity contribution in [2.75, 3.05) is 0 Å². The van der Waals surface area contributed by atoms with E-state index in [-0.39, 0.29) is 32.7 Å². The molecule has 1 rings (SSSR count). The Balaban J connectivity index is 0.000000490. The second-order valence-electron chi connectivity index (χ2n) is 1.54. The number of rotatable bonds is 0. The molecule has 2 nitrogen and oxygen atoms in total. The van der Waals surface area contributed by atoms with E-state index in [1.807, 2.05) is 20.0 Å². The minimum absolute atomic E-state index is 0. The monoisotopic (exact) mass is 184 g/mol. The van der Waals surface area contributed by atoms with Crippen LogP contribution in [0, 0.1) is 13.1 Å². The minimum atomic E-state index is 0. The summed E-state index contributed by atoms with van der Waals surface area (Å²) in [5, 5.41) is 3.97. The van der Waals surface area contributed by atoms with Gasteiger partial charge in [0.2, 0.25) is 0 Å². The van der Waals surface area contributed by atoms with Gasteiger partial charge >= 0.3 is 0 Å². The molecule has 0 aliphatic rings. The molecule has 0 atom stereocenters. The van der Waals surface area contributed by atoms with Crippen LogP contribution in [0.3, 0.4) is 0 Å². The largest absolute Gasteiger partial charge is 0.379 e. The molecule has 1 aromatic rings. The van der Waals surface area contributed by atoms with Crippen LogP contribution < -0.4 is 0 Å². The quantitative estimate of drug-likeness (QED) is 0.537. The van der Waals surface area contributed by atoms with Crippen LogP contribution in [0.15, 0.2) is 6.07 Å². The predicted octanol–water partition coefficient (Wildman–Crippen LogP) is 0.526. The van der Waals surface area contributed by atoms with Gasteiger partial charge in [-0.15, -0.1) is 6.20 Å². The molecule has 8 heavy (non-hydrogen) atoms. The van der Waals surface area contributed by atoms with Gasteiger partial charge in [-0.3, -0.25) is 5.10 Å². The third-order valence-corrected chi connectivity index (χ3v) is 0.768. The topological polar surface area (TPSA) is 17.8 Å². The normalized spacial score (nSPS) is 8.25. The van der Waals surface area contributed by atoms with Crippen molar-refractivity contribution in [3.63, 3.8) is 0 Å². The summed E-state index contributed by atoms with van der Waals surface area (Å²) in [6.07, 6.45) is 2.87. The van der Waals surface area contributed by atoms with Crippen molar-refractivity contribution in [2.24, 2.45) is 7.05 Å². The molecule has 0 saturated heterocycles. The molecule has 0 spiro atoms. The van der Waals surface area contributed by atoms with Crippen molar-refractivity contribution >= 4 is 0 Å². The maximum absolute atomic E-state index is 3.97. The average Bonchev–Trinajstić information content (AvgIpc) is 1.87. The molecule has 1 radical (unpaired) electrons. The molecule has 0 aliphatic carbocycles. The summed E-state index contributed by atoms with van der Waals surface area (Å²) in [5.74, 6) is 0. The van der Waals surface area contributed by atoms with Gasteiger partial charge in [0.1, 0.15) is 0 Å². The number of aryl methyl sites for hydroxylation is 2. The molecule has 1 aromatic heterocycles. The zero-order valence-electron chi connectivity index (χ0n) is 5.05. The van der Waals surface area contributed by atoms with Gasteiger partial charge in [-0.2, -0.15) is 6.07 Å². The molecule has 0 unspecified atom stereocenters. The molecule has 0 N–H and O–H groups in total. The van der Waals surface area contributed by atoms with Gasteiger partial charge < -0.3 is 4.68 Å². The Morgan fingerprint density at radius 3 is 2.50 bits per heavy atom. The molecule has 3 heteroatoms. The van der Waals surface area contributed by atoms with Crippen LogP contribution >= 0.6 is 0 Å². The van der Waals surface area contributed by atoms with E-state index in [4.69, 9.17) is 0 Å². The SMILES string of the molecule is Cc1c[c-]n(C)n1.[Y]. The summed E-state index contributed by atoms with van der Waals surface area (Å²) in [6, 6.07) is 1.85. The fraction of sp³-hybridized carbons (Fsp3) is 0.400. The maximum Gasteiger partial charge on any atom is 0.00775 e. The summed E-state index contributed by atoms with van der Waals surface area (Å²) in [7, 11) is 1.85. The van der Waals surface area contributed by atoms with E-state index in [0.29, 0.717) is 0 Å². The Hall–Kier alpha value is 0.314. The fourth-order valence-corrected chi connectivity index (χ4v) is 0.481. The van der Waals surface area contributed by atoms with Crippen LogP contribution in [0.25, 0.3) is 0 Å². The van der Waals surface area contributed by atoms with E-state index in [9.17, 15) is 0 Å². The zero-order valence-corrected chi connectivity index (χ0v) is 7.89. The Morgan fingerprint density at radius 1 is 1.75 bits per heavy atom. The van der Waals surface area contributed by atoms with Crippen molar-refractivity contribution in [3.05, 3.63) is 18.0 Å². The van der Waals surface area contributed by atoms with E-state index in [1.165, 1.54) is 0 Å². The standard InChI is InChI=1S/C5H7N2.Y/c1-5-3-4-7(2)6-5;/h3H,1-2H3;/q-1;. The summed E-state index contributed by atoms with van der Waals surface area (Å²) < 4.78 is 1.66. The summed E-state index contributed by atoms with van der Waals surface area (Å²) >= 11 is 0. The number of hydrogen-bond donors (Lipinski definition) is 0. The molecule has 1 heterocycles. The number of hydrogen-bond acceptors (Lipinski definition) is 1. The molecular formula is C5H7N2Y-. The molecule has 41 valence electrons. The van der Waals surface area contributed by atoms with Crippen molar-refractivity contribution < 1.29 is 32.7 Å². The van der Waals surface area contributed by atoms with Crippen LogP contribution in [0.2, 0.25) is 0 Å². The minimum Gasteiger partial charge on any atom is -0.379 e. The molecule has 0 aliphatic heterocycles.